The molecule has 1 aromatic carbocycles. The van der Waals surface area contributed by atoms with Crippen molar-refractivity contribution in [2.24, 2.45) is 0 Å². The highest BCUT2D eigenvalue weighted by atomic mass is 79.9. The molecule has 108 valence electrons. The normalized spacial score (nSPS) is 11.0. The summed E-state index contributed by atoms with van der Waals surface area (Å²) in [6.45, 7) is 0.0710. The molecule has 9 heteroatoms. The standard InChI is InChI=1S/C12H10BrFN6O/c13-5-1-2-6-7(3-5)17-10(9(6)14)11(21)16-4-8-18-12(15)20-19-8/h1-3,17H,4H2,(H,16,21)(H3,15,18,19,20). The molecule has 2 aromatic heterocycles. The average molecular weight is 353 g/mol. The van der Waals surface area contributed by atoms with Gasteiger partial charge < -0.3 is 16.0 Å². The van der Waals surface area contributed by atoms with E-state index in [0.717, 1.165) is 4.47 Å². The number of anilines is 1. The van der Waals surface area contributed by atoms with Crippen molar-refractivity contribution in [3.05, 3.63) is 40.0 Å². The van der Waals surface area contributed by atoms with E-state index in [4.69, 9.17) is 5.73 Å². The molecule has 7 nitrogen and oxygen atoms in total. The van der Waals surface area contributed by atoms with Crippen LogP contribution in [0.25, 0.3) is 10.9 Å². The van der Waals surface area contributed by atoms with Crippen molar-refractivity contribution >= 4 is 38.7 Å². The molecule has 0 saturated heterocycles. The Labute approximate surface area is 126 Å². The number of nitrogen functional groups attached to an aromatic ring is 1. The number of aromatic amines is 2. The van der Waals surface area contributed by atoms with Gasteiger partial charge in [-0.25, -0.2) is 4.39 Å². The summed E-state index contributed by atoms with van der Waals surface area (Å²) in [5.74, 6) is -0.692. The largest absolute Gasteiger partial charge is 0.367 e. The third-order valence-electron chi connectivity index (χ3n) is 2.89. The van der Waals surface area contributed by atoms with Gasteiger partial charge in [-0.1, -0.05) is 15.9 Å². The van der Waals surface area contributed by atoms with Gasteiger partial charge in [0.2, 0.25) is 5.95 Å². The van der Waals surface area contributed by atoms with Crippen LogP contribution in [0.15, 0.2) is 22.7 Å². The van der Waals surface area contributed by atoms with Crippen LogP contribution in [-0.2, 0) is 6.54 Å². The maximum Gasteiger partial charge on any atom is 0.271 e. The number of hydrogen-bond donors (Lipinski definition) is 4. The summed E-state index contributed by atoms with van der Waals surface area (Å²) in [4.78, 5) is 18.6. The first kappa shape index (κ1) is 13.6. The molecule has 0 bridgehead atoms. The van der Waals surface area contributed by atoms with Crippen LogP contribution in [0.5, 0.6) is 0 Å². The number of aromatic nitrogens is 4. The first-order valence-electron chi connectivity index (χ1n) is 5.96. The zero-order valence-electron chi connectivity index (χ0n) is 10.6. The SMILES string of the molecule is Nc1n[nH]c(CNC(=O)c2[nH]c3cc(Br)ccc3c2F)n1. The van der Waals surface area contributed by atoms with Crippen LogP contribution in [0.2, 0.25) is 0 Å². The predicted octanol–water partition coefficient (Wildman–Crippen LogP) is 1.70. The van der Waals surface area contributed by atoms with Gasteiger partial charge in [-0.3, -0.25) is 9.89 Å². The molecule has 0 radical (unpaired) electrons. The molecule has 0 unspecified atom stereocenters. The molecule has 2 heterocycles. The molecule has 3 rings (SSSR count). The topological polar surface area (TPSA) is 112 Å². The number of halogens is 2. The minimum atomic E-state index is -0.591. The van der Waals surface area contributed by atoms with Gasteiger partial charge >= 0.3 is 0 Å². The summed E-state index contributed by atoms with van der Waals surface area (Å²) in [6, 6.07) is 5.00. The number of rotatable bonds is 3. The highest BCUT2D eigenvalue weighted by Crippen LogP contribution is 2.24. The Morgan fingerprint density at radius 3 is 3.00 bits per heavy atom. The lowest BCUT2D eigenvalue weighted by atomic mass is 10.2. The number of carbonyl (C=O) groups is 1. The second-order valence-electron chi connectivity index (χ2n) is 4.33. The van der Waals surface area contributed by atoms with Crippen molar-refractivity contribution in [1.29, 1.82) is 0 Å². The quantitative estimate of drug-likeness (QED) is 0.574. The van der Waals surface area contributed by atoms with Crippen molar-refractivity contribution in [2.45, 2.75) is 6.54 Å². The molecule has 0 fully saturated rings. The molecule has 0 saturated carbocycles. The van der Waals surface area contributed by atoms with Crippen molar-refractivity contribution < 1.29 is 9.18 Å². The van der Waals surface area contributed by atoms with E-state index in [1.807, 2.05) is 0 Å². The minimum Gasteiger partial charge on any atom is -0.367 e. The second kappa shape index (κ2) is 5.17. The number of amides is 1. The molecule has 0 atom stereocenters. The minimum absolute atomic E-state index is 0.0710. The lowest BCUT2D eigenvalue weighted by Crippen LogP contribution is -2.24. The fourth-order valence-corrected chi connectivity index (χ4v) is 2.29. The van der Waals surface area contributed by atoms with Gasteiger partial charge in [0.05, 0.1) is 12.1 Å². The zero-order valence-corrected chi connectivity index (χ0v) is 12.2. The van der Waals surface area contributed by atoms with Crippen molar-refractivity contribution in [3.8, 4) is 0 Å². The summed E-state index contributed by atoms with van der Waals surface area (Å²) < 4.78 is 15.0. The molecule has 0 spiro atoms. The molecule has 0 aliphatic rings. The van der Waals surface area contributed by atoms with Gasteiger partial charge in [0.25, 0.3) is 5.91 Å². The van der Waals surface area contributed by atoms with E-state index < -0.39 is 11.7 Å². The Balaban J connectivity index is 1.82. The highest BCUT2D eigenvalue weighted by Gasteiger charge is 2.18. The van der Waals surface area contributed by atoms with Crippen LogP contribution in [0, 0.1) is 5.82 Å². The molecular formula is C12H10BrFN6O. The Morgan fingerprint density at radius 1 is 1.48 bits per heavy atom. The summed E-state index contributed by atoms with van der Waals surface area (Å²) in [6.07, 6.45) is 0. The summed E-state index contributed by atoms with van der Waals surface area (Å²) in [7, 11) is 0. The van der Waals surface area contributed by atoms with E-state index in [0.29, 0.717) is 16.7 Å². The Bertz CT molecular complexity index is 826. The van der Waals surface area contributed by atoms with E-state index in [-0.39, 0.29) is 18.2 Å². The zero-order chi connectivity index (χ0) is 15.0. The number of H-pyrrole nitrogens is 2. The number of fused-ring (bicyclic) bond motifs is 1. The van der Waals surface area contributed by atoms with Gasteiger partial charge in [0.15, 0.2) is 5.82 Å². The molecule has 0 aliphatic heterocycles. The summed E-state index contributed by atoms with van der Waals surface area (Å²) >= 11 is 3.29. The first-order valence-corrected chi connectivity index (χ1v) is 6.75. The Kier molecular flexibility index (Phi) is 3.34. The highest BCUT2D eigenvalue weighted by molar-refractivity contribution is 9.10. The monoisotopic (exact) mass is 352 g/mol. The van der Waals surface area contributed by atoms with Crippen LogP contribution < -0.4 is 11.1 Å². The number of nitrogens with two attached hydrogens (primary N) is 1. The number of hydrogen-bond acceptors (Lipinski definition) is 4. The fraction of sp³-hybridized carbons (Fsp3) is 0.0833. The van der Waals surface area contributed by atoms with Crippen LogP contribution in [0.1, 0.15) is 16.3 Å². The van der Waals surface area contributed by atoms with Crippen LogP contribution in [0.4, 0.5) is 10.3 Å². The maximum atomic E-state index is 14.2. The van der Waals surface area contributed by atoms with E-state index >= 15 is 0 Å². The van der Waals surface area contributed by atoms with Crippen molar-refractivity contribution in [2.75, 3.05) is 5.73 Å². The molecule has 0 aliphatic carbocycles. The first-order chi connectivity index (χ1) is 10.0. The van der Waals surface area contributed by atoms with E-state index in [2.05, 4.69) is 41.4 Å². The third-order valence-corrected chi connectivity index (χ3v) is 3.38. The number of nitrogens with zero attached hydrogens (tertiary/aromatic N) is 2. The smallest absolute Gasteiger partial charge is 0.271 e. The second-order valence-corrected chi connectivity index (χ2v) is 5.24. The number of nitrogens with one attached hydrogen (secondary N) is 3. The Hall–Kier alpha value is -2.42. The molecule has 5 N–H and O–H groups in total. The molecular weight excluding hydrogens is 343 g/mol. The maximum absolute atomic E-state index is 14.2. The van der Waals surface area contributed by atoms with E-state index in [1.165, 1.54) is 0 Å². The van der Waals surface area contributed by atoms with Crippen LogP contribution >= 0.6 is 15.9 Å². The van der Waals surface area contributed by atoms with Gasteiger partial charge in [-0.15, -0.1) is 5.10 Å². The van der Waals surface area contributed by atoms with Crippen LogP contribution in [0.3, 0.4) is 0 Å². The van der Waals surface area contributed by atoms with Gasteiger partial charge in [0.1, 0.15) is 11.5 Å². The Morgan fingerprint density at radius 2 is 2.29 bits per heavy atom. The lowest BCUT2D eigenvalue weighted by molar-refractivity contribution is 0.0941. The van der Waals surface area contributed by atoms with Crippen molar-refractivity contribution in [1.82, 2.24) is 25.5 Å². The van der Waals surface area contributed by atoms with E-state index in [1.54, 1.807) is 18.2 Å². The van der Waals surface area contributed by atoms with Crippen molar-refractivity contribution in [3.63, 3.8) is 0 Å². The third kappa shape index (κ3) is 2.59. The lowest BCUT2D eigenvalue weighted by Gasteiger charge is -2.00. The van der Waals surface area contributed by atoms with Crippen LogP contribution in [-0.4, -0.2) is 26.1 Å². The molecule has 1 amide bonds. The van der Waals surface area contributed by atoms with Gasteiger partial charge in [0, 0.05) is 9.86 Å². The molecule has 3 aromatic rings. The average Bonchev–Trinajstić information content (AvgIpc) is 3.00. The van der Waals surface area contributed by atoms with Gasteiger partial charge in [-0.2, -0.15) is 4.98 Å². The predicted molar refractivity (Wildman–Crippen MR) is 77.9 cm³/mol. The van der Waals surface area contributed by atoms with Gasteiger partial charge in [-0.05, 0) is 18.2 Å². The molecule has 21 heavy (non-hydrogen) atoms. The fourth-order valence-electron chi connectivity index (χ4n) is 1.93. The summed E-state index contributed by atoms with van der Waals surface area (Å²) in [5.41, 5.74) is 5.76. The number of carbonyl (C=O) groups excluding carboxylic acids is 1. The summed E-state index contributed by atoms with van der Waals surface area (Å²) in [5, 5.41) is 9.07. The van der Waals surface area contributed by atoms with E-state index in [9.17, 15) is 9.18 Å². The number of benzene rings is 1.